The number of rotatable bonds is 13. The zero-order valence-electron chi connectivity index (χ0n) is 36.7. The van der Waals surface area contributed by atoms with E-state index in [0.717, 1.165) is 68.0 Å². The van der Waals surface area contributed by atoms with E-state index in [1.807, 2.05) is 32.0 Å². The maximum absolute atomic E-state index is 13.5. The van der Waals surface area contributed by atoms with Crippen LogP contribution in [-0.4, -0.2) is 94.5 Å². The number of hydrogen-bond acceptors (Lipinski definition) is 11. The van der Waals surface area contributed by atoms with Gasteiger partial charge in [0.05, 0.1) is 24.0 Å². The summed E-state index contributed by atoms with van der Waals surface area (Å²) in [7, 11) is 0. The smallest absolute Gasteiger partial charge is 0.271 e. The molecule has 2 aromatic carbocycles. The molecule has 0 spiro atoms. The van der Waals surface area contributed by atoms with Gasteiger partial charge in [-0.1, -0.05) is 33.8 Å². The third kappa shape index (κ3) is 9.22. The summed E-state index contributed by atoms with van der Waals surface area (Å²) in [5.74, 6) is 1.24. The Bertz CT molecular complexity index is 2150. The second-order valence-corrected chi connectivity index (χ2v) is 18.9. The lowest BCUT2D eigenvalue weighted by atomic mass is 9.49. The molecular weight excluding hydrogens is 773 g/mol. The van der Waals surface area contributed by atoms with Crippen molar-refractivity contribution in [1.82, 2.24) is 30.8 Å². The number of carbonyl (C=O) groups is 4. The van der Waals surface area contributed by atoms with Crippen molar-refractivity contribution < 1.29 is 28.7 Å². The van der Waals surface area contributed by atoms with Crippen LogP contribution in [0.2, 0.25) is 0 Å². The minimum atomic E-state index is -0.732. The molecule has 4 aliphatic rings. The van der Waals surface area contributed by atoms with Crippen LogP contribution in [0, 0.1) is 41.9 Å². The average molecular weight is 833 g/mol. The van der Waals surface area contributed by atoms with E-state index < -0.39 is 11.9 Å². The van der Waals surface area contributed by atoms with Crippen molar-refractivity contribution >= 4 is 29.4 Å². The first-order valence-corrected chi connectivity index (χ1v) is 21.7. The summed E-state index contributed by atoms with van der Waals surface area (Å²) in [4.78, 5) is 64.1. The highest BCUT2D eigenvalue weighted by molar-refractivity contribution is 6.03. The third-order valence-electron chi connectivity index (χ3n) is 13.4. The van der Waals surface area contributed by atoms with Gasteiger partial charge in [-0.25, -0.2) is 9.97 Å². The Morgan fingerprint density at radius 1 is 0.934 bits per heavy atom. The fourth-order valence-electron chi connectivity index (χ4n) is 10.2. The molecular formula is C47H60N8O6. The predicted octanol–water partition coefficient (Wildman–Crippen LogP) is 5.65. The van der Waals surface area contributed by atoms with Crippen molar-refractivity contribution in [2.24, 2.45) is 16.7 Å². The molecule has 3 heterocycles. The Balaban J connectivity index is 0.858. The van der Waals surface area contributed by atoms with E-state index in [1.54, 1.807) is 30.6 Å². The number of piperidine rings is 2. The Labute approximate surface area is 359 Å². The van der Waals surface area contributed by atoms with Gasteiger partial charge in [0, 0.05) is 73.4 Å². The van der Waals surface area contributed by atoms with Crippen molar-refractivity contribution in [3.8, 4) is 17.6 Å². The number of amides is 4. The first-order chi connectivity index (χ1) is 28.9. The highest BCUT2D eigenvalue weighted by Crippen LogP contribution is 2.55. The van der Waals surface area contributed by atoms with Gasteiger partial charge in [0.15, 0.2) is 0 Å². The predicted molar refractivity (Wildman–Crippen MR) is 230 cm³/mol. The zero-order chi connectivity index (χ0) is 43.8. The summed E-state index contributed by atoms with van der Waals surface area (Å²) in [5, 5.41) is 17.7. The zero-order valence-corrected chi connectivity index (χ0v) is 36.7. The van der Waals surface area contributed by atoms with E-state index in [9.17, 15) is 24.4 Å². The SMILES string of the molecule is Cc1cc(OC2C(C)(C)C(NC(=O)c3cnc(N4CCC(CN(C(C)C)C5CC(Oc6cccc(C(=O)N[C@@H]7CCC(=O)NC7=O)c6)C5)CC4)cn3)C2(C)C)cc(C)c1C#N. The fraction of sp³-hybridized carbons (Fsp3) is 0.553. The van der Waals surface area contributed by atoms with E-state index in [1.165, 1.54) is 0 Å². The number of ether oxygens (including phenoxy) is 2. The number of aryl methyl sites for hydroxylation is 2. The minimum Gasteiger partial charge on any atom is -0.490 e. The molecule has 4 fully saturated rings. The summed E-state index contributed by atoms with van der Waals surface area (Å²) in [6.07, 6.45) is 7.54. The van der Waals surface area contributed by atoms with Crippen molar-refractivity contribution in [2.45, 2.75) is 130 Å². The molecule has 4 amide bonds. The van der Waals surface area contributed by atoms with Gasteiger partial charge in [-0.05, 0) is 94.3 Å². The summed E-state index contributed by atoms with van der Waals surface area (Å²) in [6.45, 7) is 19.5. The van der Waals surface area contributed by atoms with Gasteiger partial charge in [-0.2, -0.15) is 5.26 Å². The summed E-state index contributed by atoms with van der Waals surface area (Å²) in [6, 6.07) is 13.0. The highest BCUT2D eigenvalue weighted by atomic mass is 16.5. The standard InChI is InChI=1S/C47H60N8O6/c1-27(2)55(32-21-35(22-32)60-33-11-9-10-31(20-33)41(57)51-37-12-13-40(56)52-42(37)58)26-30-14-16-54(17-15-30)39-25-49-38(24-50-39)43(59)53-44-46(5,6)45(47(44,7)8)61-34-18-28(3)36(23-48)29(4)19-34/h9-11,18-20,24-25,27,30,32,35,37,44-45H,12-17,21-22,26H2,1-8H3,(H,51,57)(H,53,59)(H,52,56,58)/t32?,35?,37-,44?,45?/m1/s1. The quantitative estimate of drug-likeness (QED) is 0.181. The fourth-order valence-corrected chi connectivity index (χ4v) is 10.2. The van der Waals surface area contributed by atoms with Gasteiger partial charge in [-0.15, -0.1) is 0 Å². The van der Waals surface area contributed by atoms with Gasteiger partial charge in [-0.3, -0.25) is 29.4 Å². The van der Waals surface area contributed by atoms with E-state index in [-0.39, 0.29) is 65.3 Å². The number of hydrogen-bond donors (Lipinski definition) is 3. The maximum Gasteiger partial charge on any atom is 0.271 e. The Morgan fingerprint density at radius 2 is 1.62 bits per heavy atom. The summed E-state index contributed by atoms with van der Waals surface area (Å²) < 4.78 is 12.8. The molecule has 0 radical (unpaired) electrons. The van der Waals surface area contributed by atoms with Crippen LogP contribution >= 0.6 is 0 Å². The average Bonchev–Trinajstić information content (AvgIpc) is 3.20. The molecule has 2 aliphatic heterocycles. The number of anilines is 1. The Morgan fingerprint density at radius 3 is 2.23 bits per heavy atom. The monoisotopic (exact) mass is 832 g/mol. The van der Waals surface area contributed by atoms with Crippen LogP contribution in [0.25, 0.3) is 0 Å². The second-order valence-electron chi connectivity index (χ2n) is 18.9. The molecule has 3 N–H and O–H groups in total. The molecule has 14 heteroatoms. The van der Waals surface area contributed by atoms with E-state index in [0.29, 0.717) is 34.9 Å². The highest BCUT2D eigenvalue weighted by Gasteiger charge is 2.64. The first-order valence-electron chi connectivity index (χ1n) is 21.7. The molecule has 7 rings (SSSR count). The molecule has 0 bridgehead atoms. The van der Waals surface area contributed by atoms with E-state index in [4.69, 9.17) is 9.47 Å². The topological polar surface area (TPSA) is 179 Å². The van der Waals surface area contributed by atoms with Gasteiger partial charge < -0.3 is 25.0 Å². The van der Waals surface area contributed by atoms with Gasteiger partial charge >= 0.3 is 0 Å². The van der Waals surface area contributed by atoms with E-state index in [2.05, 4.69) is 83.3 Å². The van der Waals surface area contributed by atoms with Crippen molar-refractivity contribution in [2.75, 3.05) is 24.5 Å². The molecule has 324 valence electrons. The lowest BCUT2D eigenvalue weighted by Crippen LogP contribution is -2.74. The molecule has 2 aliphatic carbocycles. The molecule has 61 heavy (non-hydrogen) atoms. The van der Waals surface area contributed by atoms with Gasteiger partial charge in [0.25, 0.3) is 11.8 Å². The summed E-state index contributed by atoms with van der Waals surface area (Å²) >= 11 is 0. The molecule has 2 saturated heterocycles. The van der Waals surface area contributed by atoms with Gasteiger partial charge in [0.2, 0.25) is 11.8 Å². The van der Waals surface area contributed by atoms with Crippen LogP contribution in [0.1, 0.15) is 118 Å². The number of benzene rings is 2. The van der Waals surface area contributed by atoms with Crippen LogP contribution < -0.4 is 30.3 Å². The van der Waals surface area contributed by atoms with Crippen LogP contribution in [-0.2, 0) is 9.59 Å². The number of nitrogens with zero attached hydrogens (tertiary/aromatic N) is 5. The minimum absolute atomic E-state index is 0.0524. The van der Waals surface area contributed by atoms with Crippen molar-refractivity contribution in [1.29, 1.82) is 5.26 Å². The molecule has 14 nitrogen and oxygen atoms in total. The maximum atomic E-state index is 13.5. The first kappa shape index (κ1) is 43.5. The number of aromatic nitrogens is 2. The van der Waals surface area contributed by atoms with Crippen LogP contribution in [0.15, 0.2) is 48.8 Å². The van der Waals surface area contributed by atoms with Crippen LogP contribution in [0.5, 0.6) is 11.5 Å². The molecule has 0 unspecified atom stereocenters. The Kier molecular flexibility index (Phi) is 12.4. The normalized spacial score (nSPS) is 24.5. The molecule has 2 saturated carbocycles. The largest absolute Gasteiger partial charge is 0.490 e. The van der Waals surface area contributed by atoms with Crippen LogP contribution in [0.4, 0.5) is 5.82 Å². The lowest BCUT2D eigenvalue weighted by Gasteiger charge is -2.63. The van der Waals surface area contributed by atoms with Crippen molar-refractivity contribution in [3.63, 3.8) is 0 Å². The van der Waals surface area contributed by atoms with Gasteiger partial charge in [0.1, 0.15) is 41.3 Å². The number of nitrogens with one attached hydrogen (secondary N) is 3. The molecule has 3 aromatic rings. The molecule has 1 atom stereocenters. The molecule has 1 aromatic heterocycles. The third-order valence-corrected chi connectivity index (χ3v) is 13.4. The van der Waals surface area contributed by atoms with Crippen molar-refractivity contribution in [3.05, 3.63) is 76.7 Å². The van der Waals surface area contributed by atoms with E-state index >= 15 is 0 Å². The van der Waals surface area contributed by atoms with Crippen LogP contribution in [0.3, 0.4) is 0 Å². The number of imide groups is 1. The summed E-state index contributed by atoms with van der Waals surface area (Å²) in [5.41, 5.74) is 2.41. The lowest BCUT2D eigenvalue weighted by molar-refractivity contribution is -0.164. The second kappa shape index (κ2) is 17.4. The number of nitriles is 1. The number of carbonyl (C=O) groups excluding carboxylic acids is 4. The Hall–Kier alpha value is -5.55.